The topological polar surface area (TPSA) is 116 Å². The van der Waals surface area contributed by atoms with Crippen molar-refractivity contribution in [1.82, 2.24) is 0 Å². The average molecular weight is 254 g/mol. The molecule has 18 heavy (non-hydrogen) atoms. The number of anilines is 1. The molecule has 0 heterocycles. The van der Waals surface area contributed by atoms with Crippen LogP contribution in [-0.2, 0) is 4.79 Å². The van der Waals surface area contributed by atoms with E-state index in [0.29, 0.717) is 0 Å². The van der Waals surface area contributed by atoms with Gasteiger partial charge >= 0.3 is 11.7 Å². The highest BCUT2D eigenvalue weighted by Crippen LogP contribution is 2.39. The Kier molecular flexibility index (Phi) is 4.09. The maximum atomic E-state index is 11.0. The smallest absolute Gasteiger partial charge is 0.311 e. The van der Waals surface area contributed by atoms with Crippen molar-refractivity contribution in [2.24, 2.45) is 0 Å². The number of nitro groups is 1. The second-order valence-corrected chi connectivity index (χ2v) is 3.67. The fourth-order valence-corrected chi connectivity index (χ4v) is 1.61. The number of ether oxygens (including phenoxy) is 1. The quantitative estimate of drug-likeness (QED) is 0.470. The average Bonchev–Trinajstić information content (AvgIpc) is 2.28. The summed E-state index contributed by atoms with van der Waals surface area (Å²) in [7, 11) is 0. The van der Waals surface area contributed by atoms with Crippen LogP contribution in [0.15, 0.2) is 12.1 Å². The van der Waals surface area contributed by atoms with E-state index in [-0.39, 0.29) is 29.3 Å². The SMILES string of the molecule is CCOc1c([N+](=O)[O-])ccc(N)c1C(C)C(=O)O. The normalized spacial score (nSPS) is 11.9. The molecule has 0 saturated carbocycles. The highest BCUT2D eigenvalue weighted by molar-refractivity contribution is 5.81. The van der Waals surface area contributed by atoms with Gasteiger partial charge in [-0.15, -0.1) is 0 Å². The van der Waals surface area contributed by atoms with Gasteiger partial charge in [-0.1, -0.05) is 0 Å². The van der Waals surface area contributed by atoms with E-state index >= 15 is 0 Å². The van der Waals surface area contributed by atoms with Crippen LogP contribution in [0.5, 0.6) is 5.75 Å². The summed E-state index contributed by atoms with van der Waals surface area (Å²) in [5, 5.41) is 19.9. The Hall–Kier alpha value is -2.31. The number of nitrogens with zero attached hydrogens (tertiary/aromatic N) is 1. The lowest BCUT2D eigenvalue weighted by molar-refractivity contribution is -0.385. The number of benzene rings is 1. The Balaban J connectivity index is 3.50. The lowest BCUT2D eigenvalue weighted by atomic mass is 9.97. The Bertz CT molecular complexity index is 487. The van der Waals surface area contributed by atoms with Gasteiger partial charge in [0.1, 0.15) is 0 Å². The first kappa shape index (κ1) is 13.8. The van der Waals surface area contributed by atoms with Crippen molar-refractivity contribution in [3.8, 4) is 5.75 Å². The molecule has 7 nitrogen and oxygen atoms in total. The zero-order valence-corrected chi connectivity index (χ0v) is 10.0. The maximum absolute atomic E-state index is 11.0. The monoisotopic (exact) mass is 254 g/mol. The lowest BCUT2D eigenvalue weighted by Crippen LogP contribution is -2.13. The van der Waals surface area contributed by atoms with Gasteiger partial charge in [-0.25, -0.2) is 0 Å². The van der Waals surface area contributed by atoms with Crippen molar-refractivity contribution in [2.45, 2.75) is 19.8 Å². The van der Waals surface area contributed by atoms with E-state index in [4.69, 9.17) is 15.6 Å². The Morgan fingerprint density at radius 3 is 2.67 bits per heavy atom. The zero-order valence-electron chi connectivity index (χ0n) is 10.0. The van der Waals surface area contributed by atoms with E-state index in [0.717, 1.165) is 0 Å². The summed E-state index contributed by atoms with van der Waals surface area (Å²) in [6, 6.07) is 2.52. The van der Waals surface area contributed by atoms with Crippen molar-refractivity contribution in [3.05, 3.63) is 27.8 Å². The van der Waals surface area contributed by atoms with Crippen LogP contribution in [0.25, 0.3) is 0 Å². The standard InChI is InChI=1S/C11H14N2O5/c1-3-18-10-8(13(16)17)5-4-7(12)9(10)6(2)11(14)15/h4-6H,3,12H2,1-2H3,(H,14,15). The lowest BCUT2D eigenvalue weighted by Gasteiger charge is -2.15. The molecule has 0 aliphatic rings. The molecule has 0 amide bonds. The number of carbonyl (C=O) groups is 1. The molecule has 3 N–H and O–H groups in total. The van der Waals surface area contributed by atoms with Gasteiger partial charge in [-0.2, -0.15) is 0 Å². The molecule has 1 unspecified atom stereocenters. The van der Waals surface area contributed by atoms with E-state index in [2.05, 4.69) is 0 Å². The van der Waals surface area contributed by atoms with Crippen molar-refractivity contribution in [1.29, 1.82) is 0 Å². The van der Waals surface area contributed by atoms with E-state index in [9.17, 15) is 14.9 Å². The van der Waals surface area contributed by atoms with Crippen LogP contribution in [0.2, 0.25) is 0 Å². The maximum Gasteiger partial charge on any atom is 0.311 e. The van der Waals surface area contributed by atoms with Crippen molar-refractivity contribution in [2.75, 3.05) is 12.3 Å². The fourth-order valence-electron chi connectivity index (χ4n) is 1.61. The summed E-state index contributed by atoms with van der Waals surface area (Å²) in [5.41, 5.74) is 5.71. The van der Waals surface area contributed by atoms with E-state index < -0.39 is 16.8 Å². The molecular weight excluding hydrogens is 240 g/mol. The zero-order chi connectivity index (χ0) is 13.9. The summed E-state index contributed by atoms with van der Waals surface area (Å²) in [6.07, 6.45) is 0. The molecule has 1 aromatic carbocycles. The number of nitrogens with two attached hydrogens (primary N) is 1. The fraction of sp³-hybridized carbons (Fsp3) is 0.364. The largest absolute Gasteiger partial charge is 0.487 e. The van der Waals surface area contributed by atoms with Crippen LogP contribution in [0.3, 0.4) is 0 Å². The summed E-state index contributed by atoms with van der Waals surface area (Å²) in [5.74, 6) is -2.17. The number of hydrogen-bond donors (Lipinski definition) is 2. The Labute approximate surface area is 103 Å². The Morgan fingerprint density at radius 1 is 1.61 bits per heavy atom. The summed E-state index contributed by atoms with van der Waals surface area (Å²) < 4.78 is 5.20. The third-order valence-corrected chi connectivity index (χ3v) is 2.50. The number of hydrogen-bond acceptors (Lipinski definition) is 5. The summed E-state index contributed by atoms with van der Waals surface area (Å²) >= 11 is 0. The highest BCUT2D eigenvalue weighted by atomic mass is 16.6. The van der Waals surface area contributed by atoms with E-state index in [1.807, 2.05) is 0 Å². The molecule has 0 saturated heterocycles. The molecule has 7 heteroatoms. The van der Waals surface area contributed by atoms with Crippen LogP contribution in [0.4, 0.5) is 11.4 Å². The molecule has 0 bridgehead atoms. The number of carboxylic acids is 1. The third-order valence-electron chi connectivity index (χ3n) is 2.50. The van der Waals surface area contributed by atoms with Gasteiger partial charge in [0.25, 0.3) is 0 Å². The number of nitro benzene ring substituents is 1. The molecule has 1 rings (SSSR count). The molecule has 0 fully saturated rings. The van der Waals surface area contributed by atoms with Gasteiger partial charge in [0, 0.05) is 17.3 Å². The number of rotatable bonds is 5. The highest BCUT2D eigenvalue weighted by Gasteiger charge is 2.28. The molecular formula is C11H14N2O5. The first-order chi connectivity index (χ1) is 8.40. The minimum atomic E-state index is -1.12. The molecule has 0 aliphatic heterocycles. The van der Waals surface area contributed by atoms with Crippen LogP contribution in [0, 0.1) is 10.1 Å². The van der Waals surface area contributed by atoms with Crippen LogP contribution in [-0.4, -0.2) is 22.6 Å². The molecule has 0 aliphatic carbocycles. The van der Waals surface area contributed by atoms with Gasteiger partial charge < -0.3 is 15.6 Å². The minimum Gasteiger partial charge on any atom is -0.487 e. The predicted molar refractivity (Wildman–Crippen MR) is 64.7 cm³/mol. The van der Waals surface area contributed by atoms with Gasteiger partial charge in [0.05, 0.1) is 17.4 Å². The number of nitrogen functional groups attached to an aromatic ring is 1. The van der Waals surface area contributed by atoms with Crippen LogP contribution in [0.1, 0.15) is 25.3 Å². The third kappa shape index (κ3) is 2.50. The molecule has 1 atom stereocenters. The second-order valence-electron chi connectivity index (χ2n) is 3.67. The van der Waals surface area contributed by atoms with Gasteiger partial charge in [-0.3, -0.25) is 14.9 Å². The molecule has 0 aromatic heterocycles. The van der Waals surface area contributed by atoms with Crippen molar-refractivity contribution < 1.29 is 19.6 Å². The van der Waals surface area contributed by atoms with Gasteiger partial charge in [0.2, 0.25) is 5.75 Å². The molecule has 1 aromatic rings. The first-order valence-corrected chi connectivity index (χ1v) is 5.32. The first-order valence-electron chi connectivity index (χ1n) is 5.32. The van der Waals surface area contributed by atoms with E-state index in [1.165, 1.54) is 19.1 Å². The summed E-state index contributed by atoms with van der Waals surface area (Å²) in [4.78, 5) is 21.3. The van der Waals surface area contributed by atoms with Crippen LogP contribution < -0.4 is 10.5 Å². The van der Waals surface area contributed by atoms with Crippen molar-refractivity contribution in [3.63, 3.8) is 0 Å². The summed E-state index contributed by atoms with van der Waals surface area (Å²) in [6.45, 7) is 3.24. The van der Waals surface area contributed by atoms with Gasteiger partial charge in [-0.05, 0) is 19.9 Å². The van der Waals surface area contributed by atoms with Gasteiger partial charge in [0.15, 0.2) is 0 Å². The number of carboxylic acid groups (broad SMARTS) is 1. The molecule has 0 radical (unpaired) electrons. The Morgan fingerprint density at radius 2 is 2.22 bits per heavy atom. The number of aliphatic carboxylic acids is 1. The second kappa shape index (κ2) is 5.35. The molecule has 0 spiro atoms. The van der Waals surface area contributed by atoms with Crippen molar-refractivity contribution >= 4 is 17.3 Å². The van der Waals surface area contributed by atoms with Crippen LogP contribution >= 0.6 is 0 Å². The minimum absolute atomic E-state index is 0.0719. The van der Waals surface area contributed by atoms with E-state index in [1.54, 1.807) is 6.92 Å². The molecule has 98 valence electrons. The predicted octanol–water partition coefficient (Wildman–Crippen LogP) is 1.76.